The van der Waals surface area contributed by atoms with Crippen molar-refractivity contribution in [3.05, 3.63) is 58.3 Å². The number of aryl methyl sites for hydroxylation is 1. The molecule has 1 atom stereocenters. The van der Waals surface area contributed by atoms with Gasteiger partial charge in [-0.15, -0.1) is 0 Å². The van der Waals surface area contributed by atoms with Gasteiger partial charge in [0, 0.05) is 18.4 Å². The van der Waals surface area contributed by atoms with Gasteiger partial charge in [-0.25, -0.2) is 4.39 Å². The summed E-state index contributed by atoms with van der Waals surface area (Å²) in [5.41, 5.74) is 0.726. The fourth-order valence-electron chi connectivity index (χ4n) is 2.80. The lowest BCUT2D eigenvalue weighted by Gasteiger charge is -2.31. The first-order chi connectivity index (χ1) is 9.08. The van der Waals surface area contributed by atoms with Crippen molar-refractivity contribution >= 4 is 11.6 Å². The highest BCUT2D eigenvalue weighted by atomic mass is 35.5. The molecule has 3 rings (SSSR count). The Kier molecular flexibility index (Phi) is 3.11. The Morgan fingerprint density at radius 1 is 1.37 bits per heavy atom. The van der Waals surface area contributed by atoms with Crippen molar-refractivity contribution in [3.63, 3.8) is 0 Å². The van der Waals surface area contributed by atoms with E-state index < -0.39 is 11.4 Å². The number of rotatable bonds is 2. The molecule has 1 aromatic carbocycles. The summed E-state index contributed by atoms with van der Waals surface area (Å²) in [7, 11) is 0. The van der Waals surface area contributed by atoms with Gasteiger partial charge in [0.2, 0.25) is 0 Å². The Morgan fingerprint density at radius 3 is 3.00 bits per heavy atom. The maximum Gasteiger partial charge on any atom is 0.141 e. The molecule has 1 aromatic heterocycles. The third-order valence-corrected chi connectivity index (χ3v) is 4.01. The molecule has 1 aliphatic carbocycles. The highest BCUT2D eigenvalue weighted by molar-refractivity contribution is 6.30. The number of furan rings is 1. The second-order valence-corrected chi connectivity index (χ2v) is 5.48. The SMILES string of the molecule is OC1(Cc2ccc(F)c(Cl)c2)CCCc2occc21. The molecule has 0 amide bonds. The molecule has 0 bridgehead atoms. The number of aliphatic hydroxyl groups is 1. The van der Waals surface area contributed by atoms with E-state index in [1.807, 2.05) is 6.07 Å². The average molecular weight is 281 g/mol. The standard InChI is InChI=1S/C15H14ClFO2/c16-12-8-10(3-4-13(12)17)9-15(18)6-1-2-14-11(15)5-7-19-14/h3-5,7-8,18H,1-2,6,9H2. The van der Waals surface area contributed by atoms with Gasteiger partial charge >= 0.3 is 0 Å². The van der Waals surface area contributed by atoms with Crippen molar-refractivity contribution < 1.29 is 13.9 Å². The van der Waals surface area contributed by atoms with Gasteiger partial charge in [-0.05, 0) is 36.6 Å². The van der Waals surface area contributed by atoms with E-state index in [0.29, 0.717) is 12.8 Å². The van der Waals surface area contributed by atoms with Gasteiger partial charge in [0.1, 0.15) is 11.6 Å². The number of benzene rings is 1. The molecular weight excluding hydrogens is 267 g/mol. The van der Waals surface area contributed by atoms with Gasteiger partial charge in [-0.2, -0.15) is 0 Å². The van der Waals surface area contributed by atoms with Crippen LogP contribution in [0.2, 0.25) is 5.02 Å². The Labute approximate surface area is 115 Å². The summed E-state index contributed by atoms with van der Waals surface area (Å²) in [6.07, 6.45) is 4.44. The second kappa shape index (κ2) is 4.66. The van der Waals surface area contributed by atoms with Crippen LogP contribution in [0.5, 0.6) is 0 Å². The maximum absolute atomic E-state index is 13.2. The molecule has 0 spiro atoms. The van der Waals surface area contributed by atoms with Crippen LogP contribution in [0.3, 0.4) is 0 Å². The topological polar surface area (TPSA) is 33.4 Å². The first-order valence-electron chi connectivity index (χ1n) is 6.32. The van der Waals surface area contributed by atoms with E-state index in [2.05, 4.69) is 0 Å². The molecule has 0 aliphatic heterocycles. The van der Waals surface area contributed by atoms with Crippen LogP contribution >= 0.6 is 11.6 Å². The zero-order valence-electron chi connectivity index (χ0n) is 10.3. The van der Waals surface area contributed by atoms with E-state index in [9.17, 15) is 9.50 Å². The molecule has 0 saturated carbocycles. The van der Waals surface area contributed by atoms with E-state index in [1.165, 1.54) is 6.07 Å². The Hall–Kier alpha value is -1.32. The van der Waals surface area contributed by atoms with Gasteiger partial charge in [0.15, 0.2) is 0 Å². The second-order valence-electron chi connectivity index (χ2n) is 5.07. The summed E-state index contributed by atoms with van der Waals surface area (Å²) in [5.74, 6) is 0.409. The minimum Gasteiger partial charge on any atom is -0.469 e. The molecule has 4 heteroatoms. The third kappa shape index (κ3) is 2.28. The van der Waals surface area contributed by atoms with Gasteiger partial charge < -0.3 is 9.52 Å². The molecule has 2 aromatic rings. The zero-order chi connectivity index (χ0) is 13.5. The van der Waals surface area contributed by atoms with Crippen molar-refractivity contribution in [2.24, 2.45) is 0 Å². The van der Waals surface area contributed by atoms with Crippen LogP contribution in [-0.4, -0.2) is 5.11 Å². The van der Waals surface area contributed by atoms with Crippen LogP contribution in [0.25, 0.3) is 0 Å². The lowest BCUT2D eigenvalue weighted by molar-refractivity contribution is 0.0168. The minimum absolute atomic E-state index is 0.0873. The number of hydrogen-bond donors (Lipinski definition) is 1. The first kappa shape index (κ1) is 12.7. The van der Waals surface area contributed by atoms with Crippen molar-refractivity contribution in [3.8, 4) is 0 Å². The Morgan fingerprint density at radius 2 is 2.21 bits per heavy atom. The smallest absolute Gasteiger partial charge is 0.141 e. The molecule has 1 N–H and O–H groups in total. The van der Waals surface area contributed by atoms with E-state index in [4.69, 9.17) is 16.0 Å². The molecule has 2 nitrogen and oxygen atoms in total. The number of fused-ring (bicyclic) bond motifs is 1. The van der Waals surface area contributed by atoms with Crippen molar-refractivity contribution in [1.29, 1.82) is 0 Å². The molecule has 0 radical (unpaired) electrons. The first-order valence-corrected chi connectivity index (χ1v) is 6.69. The quantitative estimate of drug-likeness (QED) is 0.907. The molecule has 1 heterocycles. The maximum atomic E-state index is 13.2. The predicted molar refractivity (Wildman–Crippen MR) is 70.7 cm³/mol. The molecule has 1 unspecified atom stereocenters. The molecular formula is C15H14ClFO2. The van der Waals surface area contributed by atoms with Crippen LogP contribution in [0.15, 0.2) is 34.9 Å². The summed E-state index contributed by atoms with van der Waals surface area (Å²) in [6.45, 7) is 0. The molecule has 1 aliphatic rings. The fourth-order valence-corrected chi connectivity index (χ4v) is 3.00. The van der Waals surface area contributed by atoms with Crippen molar-refractivity contribution in [1.82, 2.24) is 0 Å². The normalized spacial score (nSPS) is 22.3. The van der Waals surface area contributed by atoms with Crippen LogP contribution in [0, 0.1) is 5.82 Å². The van der Waals surface area contributed by atoms with Gasteiger partial charge in [-0.3, -0.25) is 0 Å². The minimum atomic E-state index is -0.943. The van der Waals surface area contributed by atoms with Crippen molar-refractivity contribution in [2.75, 3.05) is 0 Å². The largest absolute Gasteiger partial charge is 0.469 e. The van der Waals surface area contributed by atoms with Crippen LogP contribution in [-0.2, 0) is 18.4 Å². The number of hydrogen-bond acceptors (Lipinski definition) is 2. The van der Waals surface area contributed by atoms with Gasteiger partial charge in [-0.1, -0.05) is 17.7 Å². The fraction of sp³-hybridized carbons (Fsp3) is 0.333. The lowest BCUT2D eigenvalue weighted by atomic mass is 9.79. The summed E-state index contributed by atoms with van der Waals surface area (Å²) in [5, 5.41) is 10.9. The summed E-state index contributed by atoms with van der Waals surface area (Å²) < 4.78 is 18.5. The summed E-state index contributed by atoms with van der Waals surface area (Å²) >= 11 is 5.78. The van der Waals surface area contributed by atoms with Gasteiger partial charge in [0.25, 0.3) is 0 Å². The van der Waals surface area contributed by atoms with E-state index in [0.717, 1.165) is 29.7 Å². The molecule has 100 valence electrons. The highest BCUT2D eigenvalue weighted by Crippen LogP contribution is 2.38. The average Bonchev–Trinajstić information content (AvgIpc) is 2.84. The predicted octanol–water partition coefficient (Wildman–Crippen LogP) is 3.84. The van der Waals surface area contributed by atoms with Crippen molar-refractivity contribution in [2.45, 2.75) is 31.3 Å². The zero-order valence-corrected chi connectivity index (χ0v) is 11.1. The van der Waals surface area contributed by atoms with Crippen LogP contribution < -0.4 is 0 Å². The van der Waals surface area contributed by atoms with E-state index >= 15 is 0 Å². The van der Waals surface area contributed by atoms with Crippen LogP contribution in [0.4, 0.5) is 4.39 Å². The summed E-state index contributed by atoms with van der Waals surface area (Å²) in [4.78, 5) is 0. The van der Waals surface area contributed by atoms with Crippen LogP contribution in [0.1, 0.15) is 29.7 Å². The molecule has 19 heavy (non-hydrogen) atoms. The van der Waals surface area contributed by atoms with Gasteiger partial charge in [0.05, 0.1) is 16.9 Å². The summed E-state index contributed by atoms with van der Waals surface area (Å²) in [6, 6.07) is 6.39. The highest BCUT2D eigenvalue weighted by Gasteiger charge is 2.36. The molecule has 0 saturated heterocycles. The third-order valence-electron chi connectivity index (χ3n) is 3.72. The number of halogens is 2. The Balaban J connectivity index is 1.93. The monoisotopic (exact) mass is 280 g/mol. The van der Waals surface area contributed by atoms with E-state index in [1.54, 1.807) is 18.4 Å². The van der Waals surface area contributed by atoms with E-state index in [-0.39, 0.29) is 5.02 Å². The Bertz CT molecular complexity index is 608. The molecule has 0 fully saturated rings. The lowest BCUT2D eigenvalue weighted by Crippen LogP contribution is -2.32.